The highest BCUT2D eigenvalue weighted by Gasteiger charge is 2.33. The Morgan fingerprint density at radius 2 is 1.68 bits per heavy atom. The number of rotatable bonds is 5. The first-order valence-electron chi connectivity index (χ1n) is 8.68. The van der Waals surface area contributed by atoms with Crippen molar-refractivity contribution in [3.8, 4) is 0 Å². The van der Waals surface area contributed by atoms with Gasteiger partial charge in [-0.2, -0.15) is 0 Å². The van der Waals surface area contributed by atoms with Crippen molar-refractivity contribution >= 4 is 11.6 Å². The van der Waals surface area contributed by atoms with Crippen molar-refractivity contribution in [1.82, 2.24) is 4.90 Å². The molecule has 1 aromatic rings. The monoisotopic (exact) mass is 302 g/mol. The smallest absolute Gasteiger partial charge is 0.227 e. The van der Waals surface area contributed by atoms with Gasteiger partial charge < -0.3 is 9.80 Å². The van der Waals surface area contributed by atoms with Crippen LogP contribution < -0.4 is 4.90 Å². The minimum atomic E-state index is 0.271. The molecule has 0 bridgehead atoms. The first-order chi connectivity index (χ1) is 10.6. The third kappa shape index (κ3) is 4.10. The van der Waals surface area contributed by atoms with E-state index in [0.29, 0.717) is 18.5 Å². The summed E-state index contributed by atoms with van der Waals surface area (Å²) in [5.74, 6) is 0.271. The quantitative estimate of drug-likeness (QED) is 0.765. The minimum Gasteiger partial charge on any atom is -0.308 e. The number of hydrogen-bond acceptors (Lipinski definition) is 2. The highest BCUT2D eigenvalue weighted by Crippen LogP contribution is 2.29. The topological polar surface area (TPSA) is 23.6 Å². The fraction of sp³-hybridized carbons (Fsp3) is 0.632. The van der Waals surface area contributed by atoms with E-state index in [-0.39, 0.29) is 5.91 Å². The summed E-state index contributed by atoms with van der Waals surface area (Å²) < 4.78 is 0. The fourth-order valence-electron chi connectivity index (χ4n) is 3.62. The van der Waals surface area contributed by atoms with Gasteiger partial charge in [0.05, 0.1) is 6.04 Å². The van der Waals surface area contributed by atoms with Crippen LogP contribution in [0, 0.1) is 0 Å². The largest absolute Gasteiger partial charge is 0.308 e. The number of amides is 1. The van der Waals surface area contributed by atoms with E-state index in [1.807, 2.05) is 18.2 Å². The number of likely N-dealkylation sites (N-methyl/N-ethyl adjacent to an activating group) is 1. The highest BCUT2D eigenvalue weighted by atomic mass is 16.2. The minimum absolute atomic E-state index is 0.271. The van der Waals surface area contributed by atoms with Gasteiger partial charge in [0.1, 0.15) is 0 Å². The summed E-state index contributed by atoms with van der Waals surface area (Å²) in [6.07, 6.45) is 7.59. The maximum Gasteiger partial charge on any atom is 0.227 e. The Morgan fingerprint density at radius 1 is 1.05 bits per heavy atom. The van der Waals surface area contributed by atoms with Crippen LogP contribution in [-0.2, 0) is 4.79 Å². The van der Waals surface area contributed by atoms with Gasteiger partial charge in [-0.05, 0) is 45.5 Å². The number of anilines is 1. The lowest BCUT2D eigenvalue weighted by atomic mass is 9.98. The molecule has 0 N–H and O–H groups in total. The molecule has 0 aromatic heterocycles. The van der Waals surface area contributed by atoms with Crippen molar-refractivity contribution in [2.24, 2.45) is 0 Å². The molecule has 2 unspecified atom stereocenters. The number of para-hydroxylation sites is 1. The molecular weight excluding hydrogens is 272 g/mol. The van der Waals surface area contributed by atoms with E-state index in [9.17, 15) is 4.79 Å². The maximum absolute atomic E-state index is 12.8. The molecule has 2 atom stereocenters. The van der Waals surface area contributed by atoms with E-state index in [0.717, 1.165) is 18.5 Å². The van der Waals surface area contributed by atoms with Crippen LogP contribution in [0.15, 0.2) is 30.3 Å². The molecule has 3 heteroatoms. The fourth-order valence-corrected chi connectivity index (χ4v) is 3.62. The maximum atomic E-state index is 12.8. The van der Waals surface area contributed by atoms with E-state index in [4.69, 9.17) is 0 Å². The first kappa shape index (κ1) is 17.0. The van der Waals surface area contributed by atoms with Crippen LogP contribution in [0.2, 0.25) is 0 Å². The summed E-state index contributed by atoms with van der Waals surface area (Å²) in [5.41, 5.74) is 1.06. The molecule has 1 fully saturated rings. The van der Waals surface area contributed by atoms with Gasteiger partial charge in [0, 0.05) is 18.2 Å². The van der Waals surface area contributed by atoms with Crippen molar-refractivity contribution in [3.63, 3.8) is 0 Å². The van der Waals surface area contributed by atoms with Crippen LogP contribution in [0.1, 0.15) is 51.9 Å². The summed E-state index contributed by atoms with van der Waals surface area (Å²) in [6, 6.07) is 11.0. The molecule has 0 heterocycles. The summed E-state index contributed by atoms with van der Waals surface area (Å²) in [4.78, 5) is 17.2. The number of carbonyl (C=O) groups excluding carboxylic acids is 1. The normalized spacial score (nSPS) is 22.4. The first-order valence-corrected chi connectivity index (χ1v) is 8.68. The Labute approximate surface area is 135 Å². The van der Waals surface area contributed by atoms with E-state index in [1.165, 1.54) is 25.7 Å². The van der Waals surface area contributed by atoms with Gasteiger partial charge in [-0.1, -0.05) is 44.4 Å². The second kappa shape index (κ2) is 8.33. The summed E-state index contributed by atoms with van der Waals surface area (Å²) in [7, 11) is 4.30. The zero-order chi connectivity index (χ0) is 15.9. The van der Waals surface area contributed by atoms with Crippen molar-refractivity contribution in [2.45, 2.75) is 64.0 Å². The molecule has 0 aliphatic heterocycles. The molecule has 0 saturated heterocycles. The summed E-state index contributed by atoms with van der Waals surface area (Å²) >= 11 is 0. The molecule has 1 aliphatic carbocycles. The van der Waals surface area contributed by atoms with Gasteiger partial charge in [-0.25, -0.2) is 0 Å². The molecule has 2 rings (SSSR count). The summed E-state index contributed by atoms with van der Waals surface area (Å²) in [5, 5.41) is 0. The van der Waals surface area contributed by atoms with Gasteiger partial charge in [0.15, 0.2) is 0 Å². The Kier molecular flexibility index (Phi) is 6.44. The Bertz CT molecular complexity index is 458. The lowest BCUT2D eigenvalue weighted by molar-refractivity contribution is -0.119. The predicted octanol–water partition coefficient (Wildman–Crippen LogP) is 4.08. The molecule has 1 aliphatic rings. The zero-order valence-electron chi connectivity index (χ0n) is 14.3. The lowest BCUT2D eigenvalue weighted by Gasteiger charge is -2.39. The summed E-state index contributed by atoms with van der Waals surface area (Å²) in [6.45, 7) is 2.08. The van der Waals surface area contributed by atoms with E-state index < -0.39 is 0 Å². The van der Waals surface area contributed by atoms with Crippen LogP contribution in [0.4, 0.5) is 5.69 Å². The third-order valence-electron chi connectivity index (χ3n) is 4.71. The Balaban J connectivity index is 2.34. The van der Waals surface area contributed by atoms with Gasteiger partial charge in [-0.15, -0.1) is 0 Å². The third-order valence-corrected chi connectivity index (χ3v) is 4.71. The van der Waals surface area contributed by atoms with Crippen LogP contribution >= 0.6 is 0 Å². The van der Waals surface area contributed by atoms with Crippen LogP contribution in [0.5, 0.6) is 0 Å². The molecule has 0 spiro atoms. The lowest BCUT2D eigenvalue weighted by Crippen LogP contribution is -2.51. The molecule has 1 aromatic carbocycles. The predicted molar refractivity (Wildman–Crippen MR) is 93.2 cm³/mol. The van der Waals surface area contributed by atoms with Crippen LogP contribution in [-0.4, -0.2) is 37.0 Å². The highest BCUT2D eigenvalue weighted by molar-refractivity contribution is 5.94. The number of carbonyl (C=O) groups is 1. The number of hydrogen-bond donors (Lipinski definition) is 0. The van der Waals surface area contributed by atoms with Crippen molar-refractivity contribution in [3.05, 3.63) is 30.3 Å². The molecule has 1 saturated carbocycles. The van der Waals surface area contributed by atoms with Crippen molar-refractivity contribution in [2.75, 3.05) is 19.0 Å². The second-order valence-corrected chi connectivity index (χ2v) is 6.59. The molecule has 122 valence electrons. The molecular formula is C19H30N2O. The standard InChI is InChI=1S/C19H30N2O/c1-4-11-19(22)21(16-12-7-5-8-13-16)18-15-10-6-9-14-17(18)20(2)3/h5,7-8,12-13,17-18H,4,6,9-11,14-15H2,1-3H3. The molecule has 0 radical (unpaired) electrons. The molecule has 1 amide bonds. The number of benzene rings is 1. The molecule has 22 heavy (non-hydrogen) atoms. The van der Waals surface area contributed by atoms with Crippen molar-refractivity contribution < 1.29 is 4.79 Å². The zero-order valence-corrected chi connectivity index (χ0v) is 14.3. The van der Waals surface area contributed by atoms with E-state index in [1.54, 1.807) is 0 Å². The van der Waals surface area contributed by atoms with Crippen molar-refractivity contribution in [1.29, 1.82) is 0 Å². The Morgan fingerprint density at radius 3 is 2.27 bits per heavy atom. The average Bonchev–Trinajstić information content (AvgIpc) is 2.75. The molecule has 3 nitrogen and oxygen atoms in total. The second-order valence-electron chi connectivity index (χ2n) is 6.59. The van der Waals surface area contributed by atoms with Gasteiger partial charge in [0.25, 0.3) is 0 Å². The Hall–Kier alpha value is -1.35. The number of nitrogens with zero attached hydrogens (tertiary/aromatic N) is 2. The van der Waals surface area contributed by atoms with E-state index >= 15 is 0 Å². The van der Waals surface area contributed by atoms with E-state index in [2.05, 4.69) is 43.0 Å². The SMILES string of the molecule is CCCC(=O)N(c1ccccc1)C1CCCCCC1N(C)C. The van der Waals surface area contributed by atoms with Crippen LogP contribution in [0.3, 0.4) is 0 Å². The average molecular weight is 302 g/mol. The van der Waals surface area contributed by atoms with Gasteiger partial charge in [-0.3, -0.25) is 4.79 Å². The van der Waals surface area contributed by atoms with Gasteiger partial charge in [0.2, 0.25) is 5.91 Å². The van der Waals surface area contributed by atoms with Crippen LogP contribution in [0.25, 0.3) is 0 Å². The van der Waals surface area contributed by atoms with Gasteiger partial charge >= 0.3 is 0 Å².